The first-order chi connectivity index (χ1) is 16.3. The smallest absolute Gasteiger partial charge is 0.270 e. The van der Waals surface area contributed by atoms with Gasteiger partial charge in [-0.2, -0.15) is 0 Å². The van der Waals surface area contributed by atoms with E-state index in [-0.39, 0.29) is 38.3 Å². The Labute approximate surface area is 201 Å². The zero-order valence-corrected chi connectivity index (χ0v) is 19.9. The van der Waals surface area contributed by atoms with Gasteiger partial charge in [0.25, 0.3) is 10.0 Å². The molecule has 1 saturated heterocycles. The lowest BCUT2D eigenvalue weighted by Crippen LogP contribution is -2.28. The molecular formula is C22H18BrFN4O5S. The van der Waals surface area contributed by atoms with Gasteiger partial charge in [-0.05, 0) is 64.6 Å². The van der Waals surface area contributed by atoms with Crippen LogP contribution in [0, 0.1) is 5.82 Å². The number of sulfonamides is 1. The molecule has 1 atom stereocenters. The minimum Gasteiger partial charge on any atom is -0.487 e. The van der Waals surface area contributed by atoms with Gasteiger partial charge in [0.05, 0.1) is 9.37 Å². The molecule has 3 heterocycles. The number of aromatic amines is 1. The van der Waals surface area contributed by atoms with Crippen molar-refractivity contribution >= 4 is 48.4 Å². The molecular weight excluding hydrogens is 531 g/mol. The van der Waals surface area contributed by atoms with Crippen LogP contribution in [0.15, 0.2) is 73.5 Å². The van der Waals surface area contributed by atoms with Crippen molar-refractivity contribution in [3.05, 3.63) is 75.4 Å². The highest BCUT2D eigenvalue weighted by molar-refractivity contribution is 9.10. The summed E-state index contributed by atoms with van der Waals surface area (Å²) in [5.41, 5.74) is 0.121. The molecule has 9 nitrogen and oxygen atoms in total. The van der Waals surface area contributed by atoms with E-state index in [1.54, 1.807) is 0 Å². The summed E-state index contributed by atoms with van der Waals surface area (Å²) in [6.07, 6.45) is 1.73. The van der Waals surface area contributed by atoms with Crippen LogP contribution in [0.3, 0.4) is 0 Å². The number of H-pyrrole nitrogens is 1. The second kappa shape index (κ2) is 8.85. The second-order valence-corrected chi connectivity index (χ2v) is 10.3. The fourth-order valence-corrected chi connectivity index (χ4v) is 5.56. The maximum atomic E-state index is 14.7. The van der Waals surface area contributed by atoms with E-state index >= 15 is 0 Å². The summed E-state index contributed by atoms with van der Waals surface area (Å²) in [4.78, 5) is 14.2. The number of halogens is 2. The van der Waals surface area contributed by atoms with Crippen molar-refractivity contribution in [1.82, 2.24) is 15.5 Å². The Bertz CT molecular complexity index is 1520. The van der Waals surface area contributed by atoms with E-state index in [9.17, 15) is 17.6 Å². The topological polar surface area (TPSA) is 118 Å². The Morgan fingerprint density at radius 3 is 2.76 bits per heavy atom. The minimum absolute atomic E-state index is 0.0527. The minimum atomic E-state index is -4.32. The molecule has 1 aliphatic rings. The first-order valence-electron chi connectivity index (χ1n) is 10.3. The molecule has 5 rings (SSSR count). The van der Waals surface area contributed by atoms with E-state index in [1.807, 2.05) is 0 Å². The largest absolute Gasteiger partial charge is 0.487 e. The number of hydrogen-bond donors (Lipinski definition) is 2. The predicted molar refractivity (Wildman–Crippen MR) is 126 cm³/mol. The molecule has 1 fully saturated rings. The molecule has 1 aliphatic heterocycles. The lowest BCUT2D eigenvalue weighted by atomic mass is 10.2. The predicted octanol–water partition coefficient (Wildman–Crippen LogP) is 3.69. The Balaban J connectivity index is 1.68. The molecule has 2 aromatic heterocycles. The Morgan fingerprint density at radius 2 is 2.03 bits per heavy atom. The Morgan fingerprint density at radius 1 is 1.18 bits per heavy atom. The summed E-state index contributed by atoms with van der Waals surface area (Å²) in [6.45, 7) is 1.33. The van der Waals surface area contributed by atoms with E-state index in [0.717, 1.165) is 16.9 Å². The van der Waals surface area contributed by atoms with Crippen molar-refractivity contribution in [3.8, 4) is 5.75 Å². The normalized spacial score (nSPS) is 16.1. The zero-order chi connectivity index (χ0) is 23.9. The monoisotopic (exact) mass is 548 g/mol. The lowest BCUT2D eigenvalue weighted by molar-refractivity contribution is 0.223. The molecule has 0 amide bonds. The molecule has 1 unspecified atom stereocenters. The van der Waals surface area contributed by atoms with Crippen LogP contribution in [0.1, 0.15) is 6.42 Å². The first kappa shape index (κ1) is 22.6. The van der Waals surface area contributed by atoms with Crippen LogP contribution in [0.25, 0.3) is 10.9 Å². The number of aromatic nitrogens is 2. The van der Waals surface area contributed by atoms with Crippen LogP contribution in [0.2, 0.25) is 0 Å². The number of fused-ring (bicyclic) bond motifs is 1. The van der Waals surface area contributed by atoms with Gasteiger partial charge in [-0.3, -0.25) is 4.79 Å². The standard InChI is InChI=1S/C22H18BrFN4O5S/c23-16-10-20(33-14-5-7-25-12-14)19(11-17(16)24)28(21-6-8-32-27-21)34(30,31)15-2-3-18-13(9-15)1-4-22(29)26-18/h1-4,6,8-11,14,25H,5,7,12H2,(H,26,29). The number of anilines is 2. The molecule has 0 spiro atoms. The molecule has 4 aromatic rings. The second-order valence-electron chi connectivity index (χ2n) is 7.67. The number of nitrogens with one attached hydrogen (secondary N) is 2. The summed E-state index contributed by atoms with van der Waals surface area (Å²) >= 11 is 3.15. The number of hydrogen-bond acceptors (Lipinski definition) is 7. The lowest BCUT2D eigenvalue weighted by Gasteiger charge is -2.25. The zero-order valence-electron chi connectivity index (χ0n) is 17.5. The van der Waals surface area contributed by atoms with Gasteiger partial charge >= 0.3 is 0 Å². The molecule has 12 heteroatoms. The summed E-state index contributed by atoms with van der Waals surface area (Å²) in [6, 6.07) is 10.9. The first-order valence-corrected chi connectivity index (χ1v) is 12.5. The molecule has 0 saturated carbocycles. The van der Waals surface area contributed by atoms with Gasteiger partial charge in [-0.25, -0.2) is 17.1 Å². The third-order valence-corrected chi connectivity index (χ3v) is 7.72. The highest BCUT2D eigenvalue weighted by atomic mass is 79.9. The van der Waals surface area contributed by atoms with Crippen molar-refractivity contribution in [1.29, 1.82) is 0 Å². The Kier molecular flexibility index (Phi) is 5.88. The maximum Gasteiger partial charge on any atom is 0.270 e. The molecule has 176 valence electrons. The fraction of sp³-hybridized carbons (Fsp3) is 0.182. The molecule has 0 bridgehead atoms. The van der Waals surface area contributed by atoms with Crippen molar-refractivity contribution < 1.29 is 22.1 Å². The maximum absolute atomic E-state index is 14.7. The van der Waals surface area contributed by atoms with E-state index < -0.39 is 15.8 Å². The van der Waals surface area contributed by atoms with Crippen LogP contribution in [-0.4, -0.2) is 37.8 Å². The number of pyridine rings is 1. The van der Waals surface area contributed by atoms with E-state index in [2.05, 4.69) is 31.4 Å². The van der Waals surface area contributed by atoms with Gasteiger partial charge in [-0.1, -0.05) is 5.16 Å². The summed E-state index contributed by atoms with van der Waals surface area (Å²) in [5.74, 6) is -0.581. The van der Waals surface area contributed by atoms with Crippen LogP contribution in [-0.2, 0) is 10.0 Å². The molecule has 0 radical (unpaired) electrons. The summed E-state index contributed by atoms with van der Waals surface area (Å²) < 4.78 is 54.5. The third-order valence-electron chi connectivity index (χ3n) is 5.40. The van der Waals surface area contributed by atoms with Crippen LogP contribution < -0.4 is 19.9 Å². The summed E-state index contributed by atoms with van der Waals surface area (Å²) in [5, 5.41) is 7.49. The molecule has 2 N–H and O–H groups in total. The van der Waals surface area contributed by atoms with E-state index in [1.165, 1.54) is 48.7 Å². The van der Waals surface area contributed by atoms with Crippen molar-refractivity contribution in [3.63, 3.8) is 0 Å². The number of nitrogens with zero attached hydrogens (tertiary/aromatic N) is 2. The van der Waals surface area contributed by atoms with Gasteiger partial charge in [-0.15, -0.1) is 0 Å². The SMILES string of the molecule is O=c1ccc2cc(S(=O)(=O)N(c3ccon3)c3cc(F)c(Br)cc3OC3CCNC3)ccc2[nH]1. The fourth-order valence-electron chi connectivity index (χ4n) is 3.76. The van der Waals surface area contributed by atoms with Crippen LogP contribution in [0.4, 0.5) is 15.9 Å². The van der Waals surface area contributed by atoms with Crippen molar-refractivity contribution in [2.45, 2.75) is 17.4 Å². The number of rotatable bonds is 6. The number of ether oxygens (including phenoxy) is 1. The summed E-state index contributed by atoms with van der Waals surface area (Å²) in [7, 11) is -4.32. The van der Waals surface area contributed by atoms with E-state index in [0.29, 0.717) is 23.9 Å². The number of benzene rings is 2. The average molecular weight is 549 g/mol. The van der Waals surface area contributed by atoms with E-state index in [4.69, 9.17) is 9.26 Å². The van der Waals surface area contributed by atoms with Gasteiger partial charge in [0.1, 0.15) is 29.6 Å². The van der Waals surface area contributed by atoms with Crippen LogP contribution >= 0.6 is 15.9 Å². The Hall–Kier alpha value is -3.22. The third kappa shape index (κ3) is 4.19. The molecule has 0 aliphatic carbocycles. The van der Waals surface area contributed by atoms with Gasteiger partial charge in [0.2, 0.25) is 5.56 Å². The van der Waals surface area contributed by atoms with Gasteiger partial charge in [0, 0.05) is 30.3 Å². The van der Waals surface area contributed by atoms with Crippen molar-refractivity contribution in [2.24, 2.45) is 0 Å². The van der Waals surface area contributed by atoms with Crippen LogP contribution in [0.5, 0.6) is 5.75 Å². The highest BCUT2D eigenvalue weighted by Crippen LogP contribution is 2.41. The highest BCUT2D eigenvalue weighted by Gasteiger charge is 2.33. The molecule has 34 heavy (non-hydrogen) atoms. The van der Waals surface area contributed by atoms with Crippen molar-refractivity contribution in [2.75, 3.05) is 17.4 Å². The molecule has 2 aromatic carbocycles. The van der Waals surface area contributed by atoms with Gasteiger partial charge < -0.3 is 19.6 Å². The van der Waals surface area contributed by atoms with Gasteiger partial charge in [0.15, 0.2) is 5.82 Å². The quantitative estimate of drug-likeness (QED) is 0.377. The average Bonchev–Trinajstić information content (AvgIpc) is 3.51.